The first kappa shape index (κ1) is 11.7. The van der Waals surface area contributed by atoms with Gasteiger partial charge in [0, 0.05) is 23.7 Å². The summed E-state index contributed by atoms with van der Waals surface area (Å²) in [6.07, 6.45) is 1.90. The Morgan fingerprint density at radius 2 is 2.24 bits per heavy atom. The highest BCUT2D eigenvalue weighted by atomic mass is 32.1. The number of nitrogens with one attached hydrogen (secondary N) is 1. The summed E-state index contributed by atoms with van der Waals surface area (Å²) in [4.78, 5) is 5.67. The molecule has 86 valence electrons. The summed E-state index contributed by atoms with van der Waals surface area (Å²) in [6, 6.07) is 4.16. The van der Waals surface area contributed by atoms with E-state index in [9.17, 15) is 0 Å². The van der Waals surface area contributed by atoms with E-state index >= 15 is 0 Å². The molecule has 0 radical (unpaired) electrons. The first-order valence-corrected chi connectivity index (χ1v) is 6.30. The van der Waals surface area contributed by atoms with Crippen LogP contribution in [0.1, 0.15) is 18.2 Å². The lowest BCUT2D eigenvalue weighted by molar-refractivity contribution is 1.24. The van der Waals surface area contributed by atoms with E-state index in [1.54, 1.807) is 11.3 Å². The lowest BCUT2D eigenvalue weighted by atomic mass is 10.1. The molecule has 2 aromatic heterocycles. The summed E-state index contributed by atoms with van der Waals surface area (Å²) < 4.78 is 0. The minimum absolute atomic E-state index is 0.813. The van der Waals surface area contributed by atoms with Crippen LogP contribution in [0.4, 0.5) is 5.69 Å². The van der Waals surface area contributed by atoms with E-state index in [1.807, 2.05) is 20.2 Å². The first-order valence-electron chi connectivity index (χ1n) is 5.42. The SMILES string of the molecule is CC#Cc1ncc(-c2cccs2)c(C)c1NC. The number of pyridine rings is 1. The molecule has 1 N–H and O–H groups in total. The molecular weight excluding hydrogens is 228 g/mol. The van der Waals surface area contributed by atoms with Crippen LogP contribution in [-0.4, -0.2) is 12.0 Å². The summed E-state index contributed by atoms with van der Waals surface area (Å²) in [5.41, 5.74) is 4.20. The molecule has 0 unspecified atom stereocenters. The van der Waals surface area contributed by atoms with Crippen LogP contribution in [-0.2, 0) is 0 Å². The van der Waals surface area contributed by atoms with Gasteiger partial charge >= 0.3 is 0 Å². The molecule has 0 spiro atoms. The number of nitrogens with zero attached hydrogens (tertiary/aromatic N) is 1. The highest BCUT2D eigenvalue weighted by Crippen LogP contribution is 2.32. The molecule has 0 saturated carbocycles. The second-order valence-electron chi connectivity index (χ2n) is 3.62. The number of hydrogen-bond donors (Lipinski definition) is 1. The fourth-order valence-electron chi connectivity index (χ4n) is 1.80. The number of thiophene rings is 1. The maximum Gasteiger partial charge on any atom is 0.136 e. The van der Waals surface area contributed by atoms with E-state index in [1.165, 1.54) is 16.0 Å². The third-order valence-electron chi connectivity index (χ3n) is 2.62. The molecule has 3 heteroatoms. The maximum atomic E-state index is 4.43. The molecule has 0 fully saturated rings. The first-order chi connectivity index (χ1) is 8.27. The van der Waals surface area contributed by atoms with Gasteiger partial charge in [0.25, 0.3) is 0 Å². The van der Waals surface area contributed by atoms with Gasteiger partial charge in [-0.3, -0.25) is 0 Å². The van der Waals surface area contributed by atoms with Gasteiger partial charge in [-0.1, -0.05) is 12.0 Å². The molecule has 2 heterocycles. The Kier molecular flexibility index (Phi) is 3.46. The second kappa shape index (κ2) is 5.03. The molecule has 0 aliphatic carbocycles. The molecular formula is C14H14N2S. The molecule has 0 aliphatic heterocycles. The Bertz CT molecular complexity index is 574. The molecule has 0 bridgehead atoms. The largest absolute Gasteiger partial charge is 0.386 e. The Morgan fingerprint density at radius 3 is 2.82 bits per heavy atom. The smallest absolute Gasteiger partial charge is 0.136 e. The molecule has 0 saturated heterocycles. The van der Waals surface area contributed by atoms with Crippen LogP contribution in [0.3, 0.4) is 0 Å². The fourth-order valence-corrected chi connectivity index (χ4v) is 2.60. The average molecular weight is 242 g/mol. The summed E-state index contributed by atoms with van der Waals surface area (Å²) in [5, 5.41) is 5.27. The van der Waals surface area contributed by atoms with Gasteiger partial charge in [0.15, 0.2) is 0 Å². The molecule has 0 aliphatic rings. The topological polar surface area (TPSA) is 24.9 Å². The predicted molar refractivity (Wildman–Crippen MR) is 74.4 cm³/mol. The zero-order valence-electron chi connectivity index (χ0n) is 10.2. The van der Waals surface area contributed by atoms with Crippen molar-refractivity contribution in [2.24, 2.45) is 0 Å². The predicted octanol–water partition coefficient (Wildman–Crippen LogP) is 3.53. The van der Waals surface area contributed by atoms with Crippen molar-refractivity contribution >= 4 is 17.0 Å². The van der Waals surface area contributed by atoms with Gasteiger partial charge in [0.2, 0.25) is 0 Å². The van der Waals surface area contributed by atoms with Crippen molar-refractivity contribution in [3.8, 4) is 22.3 Å². The van der Waals surface area contributed by atoms with Crippen LogP contribution in [0.25, 0.3) is 10.4 Å². The summed E-state index contributed by atoms with van der Waals surface area (Å²) in [5.74, 6) is 5.91. The number of anilines is 1. The van der Waals surface area contributed by atoms with Crippen molar-refractivity contribution in [2.75, 3.05) is 12.4 Å². The van der Waals surface area contributed by atoms with Crippen molar-refractivity contribution in [3.63, 3.8) is 0 Å². The van der Waals surface area contributed by atoms with Gasteiger partial charge in [0.05, 0.1) is 5.69 Å². The van der Waals surface area contributed by atoms with E-state index in [4.69, 9.17) is 0 Å². The van der Waals surface area contributed by atoms with Gasteiger partial charge in [-0.2, -0.15) is 0 Å². The van der Waals surface area contributed by atoms with Gasteiger partial charge in [-0.25, -0.2) is 4.98 Å². The van der Waals surface area contributed by atoms with Crippen LogP contribution in [0.15, 0.2) is 23.7 Å². The van der Waals surface area contributed by atoms with E-state index in [0.717, 1.165) is 11.4 Å². The van der Waals surface area contributed by atoms with Crippen LogP contribution >= 0.6 is 11.3 Å². The zero-order chi connectivity index (χ0) is 12.3. The third-order valence-corrected chi connectivity index (χ3v) is 3.52. The minimum Gasteiger partial charge on any atom is -0.386 e. The zero-order valence-corrected chi connectivity index (χ0v) is 11.0. The van der Waals surface area contributed by atoms with Crippen molar-refractivity contribution in [3.05, 3.63) is 35.0 Å². The highest BCUT2D eigenvalue weighted by Gasteiger charge is 2.10. The summed E-state index contributed by atoms with van der Waals surface area (Å²) in [7, 11) is 1.91. The molecule has 0 aromatic carbocycles. The molecule has 0 amide bonds. The second-order valence-corrected chi connectivity index (χ2v) is 4.57. The van der Waals surface area contributed by atoms with E-state index < -0.39 is 0 Å². The third kappa shape index (κ3) is 2.17. The van der Waals surface area contributed by atoms with E-state index in [-0.39, 0.29) is 0 Å². The Hall–Kier alpha value is -1.79. The Balaban J connectivity index is 2.61. The highest BCUT2D eigenvalue weighted by molar-refractivity contribution is 7.13. The lowest BCUT2D eigenvalue weighted by Gasteiger charge is -2.11. The van der Waals surface area contributed by atoms with Crippen molar-refractivity contribution in [1.82, 2.24) is 4.98 Å². The van der Waals surface area contributed by atoms with Crippen molar-refractivity contribution in [2.45, 2.75) is 13.8 Å². The maximum absolute atomic E-state index is 4.43. The number of aromatic nitrogens is 1. The Morgan fingerprint density at radius 1 is 1.41 bits per heavy atom. The van der Waals surface area contributed by atoms with Crippen molar-refractivity contribution in [1.29, 1.82) is 0 Å². The monoisotopic (exact) mass is 242 g/mol. The Labute approximate surface area is 106 Å². The average Bonchev–Trinajstić information content (AvgIpc) is 2.83. The molecule has 2 aromatic rings. The van der Waals surface area contributed by atoms with Gasteiger partial charge in [-0.15, -0.1) is 11.3 Å². The van der Waals surface area contributed by atoms with Crippen LogP contribution in [0.5, 0.6) is 0 Å². The quantitative estimate of drug-likeness (QED) is 0.815. The number of hydrogen-bond acceptors (Lipinski definition) is 3. The fraction of sp³-hybridized carbons (Fsp3) is 0.214. The van der Waals surface area contributed by atoms with Crippen LogP contribution in [0.2, 0.25) is 0 Å². The van der Waals surface area contributed by atoms with Crippen LogP contribution < -0.4 is 5.32 Å². The van der Waals surface area contributed by atoms with Gasteiger partial charge in [-0.05, 0) is 36.8 Å². The molecule has 2 nitrogen and oxygen atoms in total. The minimum atomic E-state index is 0.813. The van der Waals surface area contributed by atoms with Crippen LogP contribution in [0, 0.1) is 18.8 Å². The lowest BCUT2D eigenvalue weighted by Crippen LogP contribution is -1.99. The van der Waals surface area contributed by atoms with Gasteiger partial charge in [0.1, 0.15) is 5.69 Å². The van der Waals surface area contributed by atoms with Crippen molar-refractivity contribution < 1.29 is 0 Å². The van der Waals surface area contributed by atoms with Gasteiger partial charge < -0.3 is 5.32 Å². The molecule has 0 atom stereocenters. The van der Waals surface area contributed by atoms with E-state index in [2.05, 4.69) is 46.6 Å². The normalized spacial score (nSPS) is 9.59. The summed E-state index contributed by atoms with van der Waals surface area (Å²) >= 11 is 1.72. The standard InChI is InChI=1S/C14H14N2S/c1-4-6-12-14(15-3)10(2)11(9-16-12)13-7-5-8-17-13/h5,7-9,15H,1-3H3. The molecule has 17 heavy (non-hydrogen) atoms. The number of rotatable bonds is 2. The molecule has 2 rings (SSSR count). The van der Waals surface area contributed by atoms with E-state index in [0.29, 0.717) is 0 Å². The summed E-state index contributed by atoms with van der Waals surface area (Å²) in [6.45, 7) is 3.92.